The van der Waals surface area contributed by atoms with E-state index in [4.69, 9.17) is 4.42 Å². The molecule has 1 spiro atoms. The molecule has 4 heterocycles. The van der Waals surface area contributed by atoms with Crippen LogP contribution in [0, 0.1) is 13.8 Å². The molecular weight excluding hydrogens is 490 g/mol. The Labute approximate surface area is 215 Å². The molecule has 6 rings (SSSR count). The average molecular weight is 512 g/mol. The molecule has 2 amide bonds. The zero-order valence-electron chi connectivity index (χ0n) is 20.3. The lowest BCUT2D eigenvalue weighted by molar-refractivity contribution is -0.121. The first kappa shape index (κ1) is 23.1. The number of anilines is 2. The Balaban J connectivity index is 1.78. The number of aromatic nitrogens is 1. The highest BCUT2D eigenvalue weighted by Crippen LogP contribution is 2.54. The number of hydrogen-bond acceptors (Lipinski definition) is 7. The van der Waals surface area contributed by atoms with E-state index in [2.05, 4.69) is 11.6 Å². The summed E-state index contributed by atoms with van der Waals surface area (Å²) in [7, 11) is 0. The number of carbonyl (C=O) groups excluding carboxylic acids is 3. The maximum atomic E-state index is 14.5. The molecule has 0 bridgehead atoms. The van der Waals surface area contributed by atoms with E-state index in [9.17, 15) is 19.2 Å². The zero-order valence-corrected chi connectivity index (χ0v) is 21.1. The number of amides is 2. The van der Waals surface area contributed by atoms with E-state index in [1.165, 1.54) is 16.7 Å². The van der Waals surface area contributed by atoms with Gasteiger partial charge in [0.1, 0.15) is 5.58 Å². The number of aryl methyl sites for hydroxylation is 2. The van der Waals surface area contributed by atoms with Crippen molar-refractivity contribution < 1.29 is 18.8 Å². The fourth-order valence-corrected chi connectivity index (χ4v) is 6.40. The van der Waals surface area contributed by atoms with Gasteiger partial charge in [-0.25, -0.2) is 4.98 Å². The molecule has 0 saturated carbocycles. The standard InChI is InChI=1S/C28H21N3O5S/c1-5-12-30-19-9-7-6-8-18(19)28(26(30)35)21-22(33)17-13-14(2)10-11-20(17)36-23(21)25(34)31(28)27-29-15(3)24(37-27)16(4)32/h5-11,13H,1,12H2,2-4H3. The number of rotatable bonds is 4. The molecule has 37 heavy (non-hydrogen) atoms. The van der Waals surface area contributed by atoms with Crippen LogP contribution in [-0.2, 0) is 10.3 Å². The van der Waals surface area contributed by atoms with Crippen LogP contribution in [0.3, 0.4) is 0 Å². The molecule has 2 aliphatic rings. The fraction of sp³-hybridized carbons (Fsp3) is 0.179. The van der Waals surface area contributed by atoms with E-state index in [-0.39, 0.29) is 39.8 Å². The van der Waals surface area contributed by atoms with Crippen molar-refractivity contribution in [3.05, 3.63) is 98.4 Å². The minimum Gasteiger partial charge on any atom is -0.450 e. The number of fused-ring (bicyclic) bond motifs is 5. The lowest BCUT2D eigenvalue weighted by Crippen LogP contribution is -2.53. The Morgan fingerprint density at radius 1 is 1.16 bits per heavy atom. The number of ketones is 1. The van der Waals surface area contributed by atoms with Crippen LogP contribution in [0.5, 0.6) is 0 Å². The van der Waals surface area contributed by atoms with Crippen LogP contribution < -0.4 is 15.2 Å². The van der Waals surface area contributed by atoms with Crippen LogP contribution in [-0.4, -0.2) is 29.1 Å². The van der Waals surface area contributed by atoms with E-state index in [0.29, 0.717) is 21.8 Å². The third-order valence-electron chi connectivity index (χ3n) is 6.89. The number of benzene rings is 2. The van der Waals surface area contributed by atoms with Crippen LogP contribution in [0.1, 0.15) is 49.5 Å². The molecule has 2 aliphatic heterocycles. The monoisotopic (exact) mass is 511 g/mol. The summed E-state index contributed by atoms with van der Waals surface area (Å²) in [4.78, 5) is 62.6. The van der Waals surface area contributed by atoms with Gasteiger partial charge in [0.15, 0.2) is 21.9 Å². The second-order valence-electron chi connectivity index (χ2n) is 9.17. The van der Waals surface area contributed by atoms with E-state index in [1.54, 1.807) is 55.5 Å². The topological polar surface area (TPSA) is 101 Å². The van der Waals surface area contributed by atoms with Crippen molar-refractivity contribution >= 4 is 50.7 Å². The first-order valence-corrected chi connectivity index (χ1v) is 12.5. The smallest absolute Gasteiger partial charge is 0.297 e. The number of carbonyl (C=O) groups is 3. The SMILES string of the molecule is C=CCN1C(=O)C2(c3ccccc31)c1c(oc3ccc(C)cc3c1=O)C(=O)N2c1nc(C)c(C(C)=O)s1. The van der Waals surface area contributed by atoms with Gasteiger partial charge in [-0.15, -0.1) is 6.58 Å². The summed E-state index contributed by atoms with van der Waals surface area (Å²) in [6.07, 6.45) is 1.59. The van der Waals surface area contributed by atoms with Crippen molar-refractivity contribution in [1.82, 2.24) is 4.98 Å². The minimum absolute atomic E-state index is 0.0446. The molecule has 2 aromatic heterocycles. The Kier molecular flexibility index (Phi) is 4.87. The lowest BCUT2D eigenvalue weighted by atomic mass is 9.84. The van der Waals surface area contributed by atoms with E-state index < -0.39 is 22.8 Å². The summed E-state index contributed by atoms with van der Waals surface area (Å²) in [5.41, 5.74) is 0.198. The largest absolute Gasteiger partial charge is 0.450 e. The normalized spacial score (nSPS) is 18.1. The zero-order chi connectivity index (χ0) is 26.2. The van der Waals surface area contributed by atoms with Crippen molar-refractivity contribution in [2.75, 3.05) is 16.3 Å². The minimum atomic E-state index is -1.84. The van der Waals surface area contributed by atoms with Crippen molar-refractivity contribution in [3.8, 4) is 0 Å². The molecule has 0 N–H and O–H groups in total. The van der Waals surface area contributed by atoms with Crippen LogP contribution in [0.4, 0.5) is 10.8 Å². The molecule has 184 valence electrons. The second kappa shape index (κ2) is 7.81. The highest BCUT2D eigenvalue weighted by atomic mass is 32.1. The van der Waals surface area contributed by atoms with Crippen molar-refractivity contribution in [2.45, 2.75) is 26.3 Å². The highest BCUT2D eigenvalue weighted by Gasteiger charge is 2.66. The van der Waals surface area contributed by atoms with Gasteiger partial charge in [0.25, 0.3) is 11.8 Å². The maximum Gasteiger partial charge on any atom is 0.297 e. The summed E-state index contributed by atoms with van der Waals surface area (Å²) < 4.78 is 6.06. The first-order valence-electron chi connectivity index (χ1n) is 11.6. The Hall–Kier alpha value is -4.37. The summed E-state index contributed by atoms with van der Waals surface area (Å²) in [5, 5.41) is 0.419. The number of hydrogen-bond donors (Lipinski definition) is 0. The van der Waals surface area contributed by atoms with Gasteiger partial charge in [-0.05, 0) is 32.0 Å². The van der Waals surface area contributed by atoms with Gasteiger partial charge in [0.05, 0.1) is 27.2 Å². The quantitative estimate of drug-likeness (QED) is 0.295. The summed E-state index contributed by atoms with van der Waals surface area (Å²) >= 11 is 1.01. The van der Waals surface area contributed by atoms with Crippen molar-refractivity contribution in [1.29, 1.82) is 0 Å². The predicted molar refractivity (Wildman–Crippen MR) is 141 cm³/mol. The van der Waals surface area contributed by atoms with Gasteiger partial charge in [0.2, 0.25) is 5.76 Å². The van der Waals surface area contributed by atoms with Gasteiger partial charge in [-0.3, -0.25) is 24.1 Å². The average Bonchev–Trinajstić information content (AvgIpc) is 3.46. The predicted octanol–water partition coefficient (Wildman–Crippen LogP) is 4.51. The van der Waals surface area contributed by atoms with Crippen LogP contribution in [0.25, 0.3) is 11.0 Å². The molecule has 1 unspecified atom stereocenters. The Bertz CT molecular complexity index is 1770. The van der Waals surface area contributed by atoms with E-state index >= 15 is 0 Å². The van der Waals surface area contributed by atoms with Gasteiger partial charge < -0.3 is 9.32 Å². The summed E-state index contributed by atoms with van der Waals surface area (Å²) in [6.45, 7) is 8.89. The Morgan fingerprint density at radius 3 is 2.62 bits per heavy atom. The lowest BCUT2D eigenvalue weighted by Gasteiger charge is -2.32. The van der Waals surface area contributed by atoms with Gasteiger partial charge in [-0.1, -0.05) is 47.2 Å². The number of para-hydroxylation sites is 1. The molecule has 0 aliphatic carbocycles. The van der Waals surface area contributed by atoms with E-state index in [1.807, 2.05) is 6.92 Å². The maximum absolute atomic E-state index is 14.5. The summed E-state index contributed by atoms with van der Waals surface area (Å²) in [5.74, 6) is -1.57. The van der Waals surface area contributed by atoms with Crippen LogP contribution in [0.2, 0.25) is 0 Å². The van der Waals surface area contributed by atoms with Crippen molar-refractivity contribution in [2.24, 2.45) is 0 Å². The summed E-state index contributed by atoms with van der Waals surface area (Å²) in [6, 6.07) is 12.2. The van der Waals surface area contributed by atoms with Crippen LogP contribution >= 0.6 is 11.3 Å². The Morgan fingerprint density at radius 2 is 1.92 bits per heavy atom. The second-order valence-corrected chi connectivity index (χ2v) is 10.2. The third kappa shape index (κ3) is 2.85. The van der Waals surface area contributed by atoms with E-state index in [0.717, 1.165) is 16.9 Å². The molecule has 1 atom stereocenters. The molecule has 8 nitrogen and oxygen atoms in total. The molecular formula is C28H21N3O5S. The molecule has 0 radical (unpaired) electrons. The van der Waals surface area contributed by atoms with Gasteiger partial charge >= 0.3 is 0 Å². The molecule has 0 fully saturated rings. The molecule has 0 saturated heterocycles. The fourth-order valence-electron chi connectivity index (χ4n) is 5.39. The number of thiazole rings is 1. The molecule has 9 heteroatoms. The number of nitrogens with zero attached hydrogens (tertiary/aromatic N) is 3. The van der Waals surface area contributed by atoms with Gasteiger partial charge in [0, 0.05) is 19.0 Å². The van der Waals surface area contributed by atoms with Gasteiger partial charge in [-0.2, -0.15) is 0 Å². The molecule has 2 aromatic carbocycles. The third-order valence-corrected chi connectivity index (χ3v) is 8.13. The first-order chi connectivity index (χ1) is 17.7. The van der Waals surface area contributed by atoms with Crippen LogP contribution in [0.15, 0.2) is 64.3 Å². The number of Topliss-reactive ketones (excluding diaryl/α,β-unsaturated/α-hetero) is 1. The van der Waals surface area contributed by atoms with Crippen molar-refractivity contribution in [3.63, 3.8) is 0 Å². The highest BCUT2D eigenvalue weighted by molar-refractivity contribution is 7.17. The molecule has 4 aromatic rings.